The fourth-order valence-corrected chi connectivity index (χ4v) is 5.24. The maximum absolute atomic E-state index is 12.5. The summed E-state index contributed by atoms with van der Waals surface area (Å²) < 4.78 is 1.76. The summed E-state index contributed by atoms with van der Waals surface area (Å²) in [6, 6.07) is 5.40. The van der Waals surface area contributed by atoms with E-state index < -0.39 is 0 Å². The van der Waals surface area contributed by atoms with E-state index in [2.05, 4.69) is 29.4 Å². The van der Waals surface area contributed by atoms with Crippen LogP contribution < -0.4 is 5.32 Å². The first kappa shape index (κ1) is 18.4. The molecule has 0 bridgehead atoms. The Balaban J connectivity index is 1.59. The van der Waals surface area contributed by atoms with Gasteiger partial charge >= 0.3 is 0 Å². The zero-order valence-electron chi connectivity index (χ0n) is 14.2. The number of nitrogens with one attached hydrogen (secondary N) is 1. The number of fused-ring (bicyclic) bond motifs is 1. The number of hydrogen-bond donors (Lipinski definition) is 1. The molecule has 2 heterocycles. The van der Waals surface area contributed by atoms with Gasteiger partial charge in [0.2, 0.25) is 5.91 Å². The molecule has 1 aliphatic rings. The fourth-order valence-electron chi connectivity index (χ4n) is 2.35. The van der Waals surface area contributed by atoms with Crippen molar-refractivity contribution in [1.82, 2.24) is 10.2 Å². The molecule has 0 saturated heterocycles. The Labute approximate surface area is 159 Å². The number of benzene rings is 1. The molecule has 0 saturated carbocycles. The highest BCUT2D eigenvalue weighted by molar-refractivity contribution is 8.03. The molecule has 1 atom stereocenters. The second kappa shape index (κ2) is 7.88. The second-order valence-corrected chi connectivity index (χ2v) is 9.73. The molecule has 1 amide bonds. The molecule has 5 nitrogen and oxygen atoms in total. The molecule has 0 radical (unpaired) electrons. The van der Waals surface area contributed by atoms with Gasteiger partial charge in [0.1, 0.15) is 0 Å². The molecule has 132 valence electrons. The predicted octanol–water partition coefficient (Wildman–Crippen LogP) is 4.32. The van der Waals surface area contributed by atoms with Crippen molar-refractivity contribution < 1.29 is 9.59 Å². The van der Waals surface area contributed by atoms with Crippen molar-refractivity contribution in [2.45, 2.75) is 35.4 Å². The van der Waals surface area contributed by atoms with Crippen molar-refractivity contribution in [3.8, 4) is 0 Å². The number of aromatic nitrogens is 2. The van der Waals surface area contributed by atoms with Crippen LogP contribution in [0.2, 0.25) is 0 Å². The van der Waals surface area contributed by atoms with Crippen LogP contribution in [0.4, 0.5) is 5.69 Å². The summed E-state index contributed by atoms with van der Waals surface area (Å²) in [7, 11) is 0. The zero-order valence-corrected chi connectivity index (χ0v) is 16.7. The standard InChI is InChI=1S/C17H19N3O2S3/c1-9(2)7-23-16-19-20-17(25-16)24-8-14(21)11-4-5-13-12(6-11)10(3)15(22)18-13/h4-6,9-10H,7-8H2,1-3H3,(H,18,22)/t10-/m1/s1. The van der Waals surface area contributed by atoms with Crippen molar-refractivity contribution in [2.24, 2.45) is 5.92 Å². The first-order valence-electron chi connectivity index (χ1n) is 8.01. The number of Topliss-reactive ketones (excluding diaryl/α,β-unsaturated/α-hetero) is 1. The van der Waals surface area contributed by atoms with E-state index in [1.807, 2.05) is 13.0 Å². The van der Waals surface area contributed by atoms with Crippen molar-refractivity contribution in [3.05, 3.63) is 29.3 Å². The number of nitrogens with zero attached hydrogens (tertiary/aromatic N) is 2. The van der Waals surface area contributed by atoms with Crippen LogP contribution in [-0.2, 0) is 4.79 Å². The normalized spacial score (nSPS) is 16.2. The van der Waals surface area contributed by atoms with Crippen LogP contribution in [-0.4, -0.2) is 33.4 Å². The molecule has 3 rings (SSSR count). The van der Waals surface area contributed by atoms with Crippen molar-refractivity contribution in [1.29, 1.82) is 0 Å². The average molecular weight is 394 g/mol. The van der Waals surface area contributed by atoms with E-state index in [0.29, 0.717) is 17.2 Å². The fraction of sp³-hybridized carbons (Fsp3) is 0.412. The number of carbonyl (C=O) groups excluding carboxylic acids is 2. The number of ketones is 1. The third-order valence-electron chi connectivity index (χ3n) is 3.75. The summed E-state index contributed by atoms with van der Waals surface area (Å²) in [6.07, 6.45) is 0. The van der Waals surface area contributed by atoms with Crippen LogP contribution in [0.3, 0.4) is 0 Å². The Morgan fingerprint density at radius 3 is 2.72 bits per heavy atom. The van der Waals surface area contributed by atoms with Gasteiger partial charge in [0.05, 0.1) is 11.7 Å². The highest BCUT2D eigenvalue weighted by atomic mass is 32.2. The van der Waals surface area contributed by atoms with Crippen LogP contribution in [0, 0.1) is 5.92 Å². The molecule has 0 aliphatic carbocycles. The molecular formula is C17H19N3O2S3. The van der Waals surface area contributed by atoms with Crippen molar-refractivity contribution >= 4 is 52.2 Å². The smallest absolute Gasteiger partial charge is 0.231 e. The van der Waals surface area contributed by atoms with E-state index in [4.69, 9.17) is 0 Å². The number of rotatable bonds is 7. The summed E-state index contributed by atoms with van der Waals surface area (Å²) in [5, 5.41) is 11.1. The van der Waals surface area contributed by atoms with E-state index in [-0.39, 0.29) is 17.6 Å². The summed E-state index contributed by atoms with van der Waals surface area (Å²) in [6.45, 7) is 6.19. The minimum atomic E-state index is -0.209. The lowest BCUT2D eigenvalue weighted by Gasteiger charge is -2.04. The van der Waals surface area contributed by atoms with Gasteiger partial charge in [-0.05, 0) is 36.6 Å². The molecular weight excluding hydrogens is 374 g/mol. The minimum absolute atomic E-state index is 0.0192. The van der Waals surface area contributed by atoms with Gasteiger partial charge < -0.3 is 5.32 Å². The molecule has 1 aromatic carbocycles. The van der Waals surface area contributed by atoms with Gasteiger partial charge in [-0.25, -0.2) is 0 Å². The average Bonchev–Trinajstić information content (AvgIpc) is 3.15. The first-order chi connectivity index (χ1) is 11.9. The van der Waals surface area contributed by atoms with Crippen LogP contribution in [0.5, 0.6) is 0 Å². The lowest BCUT2D eigenvalue weighted by molar-refractivity contribution is -0.116. The number of carbonyl (C=O) groups is 2. The molecule has 0 unspecified atom stereocenters. The van der Waals surface area contributed by atoms with Gasteiger partial charge in [-0.3, -0.25) is 9.59 Å². The topological polar surface area (TPSA) is 72.0 Å². The van der Waals surface area contributed by atoms with Gasteiger partial charge in [-0.15, -0.1) is 10.2 Å². The number of hydrogen-bond acceptors (Lipinski definition) is 7. The molecule has 1 N–H and O–H groups in total. The van der Waals surface area contributed by atoms with Crippen LogP contribution >= 0.6 is 34.9 Å². The van der Waals surface area contributed by atoms with E-state index in [1.165, 1.54) is 23.1 Å². The summed E-state index contributed by atoms with van der Waals surface area (Å²) >= 11 is 4.64. The summed E-state index contributed by atoms with van der Waals surface area (Å²) in [4.78, 5) is 24.2. The van der Waals surface area contributed by atoms with E-state index in [9.17, 15) is 9.59 Å². The van der Waals surface area contributed by atoms with E-state index in [0.717, 1.165) is 25.7 Å². The lowest BCUT2D eigenvalue weighted by Crippen LogP contribution is -2.08. The molecule has 8 heteroatoms. The van der Waals surface area contributed by atoms with Crippen LogP contribution in [0.1, 0.15) is 42.6 Å². The summed E-state index contributed by atoms with van der Waals surface area (Å²) in [5.41, 5.74) is 2.33. The monoisotopic (exact) mass is 393 g/mol. The Kier molecular flexibility index (Phi) is 5.81. The Morgan fingerprint density at radius 1 is 1.28 bits per heavy atom. The highest BCUT2D eigenvalue weighted by Gasteiger charge is 2.27. The zero-order chi connectivity index (χ0) is 18.0. The van der Waals surface area contributed by atoms with E-state index in [1.54, 1.807) is 23.9 Å². The number of anilines is 1. The van der Waals surface area contributed by atoms with E-state index >= 15 is 0 Å². The van der Waals surface area contributed by atoms with Crippen molar-refractivity contribution in [3.63, 3.8) is 0 Å². The molecule has 1 aromatic heterocycles. The molecule has 1 aliphatic heterocycles. The van der Waals surface area contributed by atoms with Crippen LogP contribution in [0.25, 0.3) is 0 Å². The minimum Gasteiger partial charge on any atom is -0.325 e. The third-order valence-corrected chi connectivity index (χ3v) is 7.36. The summed E-state index contributed by atoms with van der Waals surface area (Å²) in [5.74, 6) is 1.74. The predicted molar refractivity (Wildman–Crippen MR) is 104 cm³/mol. The Bertz CT molecular complexity index is 804. The largest absolute Gasteiger partial charge is 0.325 e. The number of amides is 1. The number of thioether (sulfide) groups is 2. The third kappa shape index (κ3) is 4.43. The van der Waals surface area contributed by atoms with Gasteiger partial charge in [0, 0.05) is 17.0 Å². The van der Waals surface area contributed by atoms with Gasteiger partial charge in [-0.1, -0.05) is 48.7 Å². The molecule has 2 aromatic rings. The maximum atomic E-state index is 12.5. The molecule has 25 heavy (non-hydrogen) atoms. The Morgan fingerprint density at radius 2 is 2.00 bits per heavy atom. The first-order valence-corrected chi connectivity index (χ1v) is 10.8. The van der Waals surface area contributed by atoms with Gasteiger partial charge in [0.15, 0.2) is 14.5 Å². The SMILES string of the molecule is CC(C)CSc1nnc(SCC(=O)c2ccc3c(c2)[C@@H](C)C(=O)N3)s1. The van der Waals surface area contributed by atoms with Crippen LogP contribution in [0.15, 0.2) is 26.9 Å². The quantitative estimate of drug-likeness (QED) is 0.558. The Hall–Kier alpha value is -1.38. The van der Waals surface area contributed by atoms with Gasteiger partial charge in [-0.2, -0.15) is 0 Å². The highest BCUT2D eigenvalue weighted by Crippen LogP contribution is 2.34. The maximum Gasteiger partial charge on any atom is 0.231 e. The lowest BCUT2D eigenvalue weighted by atomic mass is 9.99. The van der Waals surface area contributed by atoms with Gasteiger partial charge in [0.25, 0.3) is 0 Å². The molecule has 0 fully saturated rings. The second-order valence-electron chi connectivity index (χ2n) is 6.26. The van der Waals surface area contributed by atoms with Crippen molar-refractivity contribution in [2.75, 3.05) is 16.8 Å². The molecule has 0 spiro atoms.